The van der Waals surface area contributed by atoms with Gasteiger partial charge in [-0.1, -0.05) is 60.7 Å². The highest BCUT2D eigenvalue weighted by Crippen LogP contribution is 2.11. The average Bonchev–Trinajstić information content (AvgIpc) is 2.52. The maximum Gasteiger partial charge on any atom is 0.342 e. The summed E-state index contributed by atoms with van der Waals surface area (Å²) in [6.45, 7) is 1.51. The predicted octanol–water partition coefficient (Wildman–Crippen LogP) is 3.40. The van der Waals surface area contributed by atoms with Crippen molar-refractivity contribution in [2.75, 3.05) is 0 Å². The molecule has 0 aliphatic heterocycles. The number of hydrogen-bond acceptors (Lipinski definition) is 3. The minimum Gasteiger partial charge on any atom is -0.457 e. The van der Waals surface area contributed by atoms with Crippen LogP contribution in [0.3, 0.4) is 0 Å². The fourth-order valence-corrected chi connectivity index (χ4v) is 1.82. The molecule has 106 valence electrons. The molecule has 2 rings (SSSR count). The van der Waals surface area contributed by atoms with Crippen LogP contribution in [0.1, 0.15) is 18.1 Å². The van der Waals surface area contributed by atoms with Gasteiger partial charge in [0.1, 0.15) is 12.2 Å². The number of hydrogen-bond donors (Lipinski definition) is 0. The number of ether oxygens (including phenoxy) is 1. The molecule has 21 heavy (non-hydrogen) atoms. The number of carbonyl (C=O) groups excluding carboxylic acids is 2. The van der Waals surface area contributed by atoms with Gasteiger partial charge in [-0.3, -0.25) is 4.79 Å². The van der Waals surface area contributed by atoms with E-state index in [1.807, 2.05) is 60.7 Å². The van der Waals surface area contributed by atoms with E-state index in [-0.39, 0.29) is 18.0 Å². The normalized spacial score (nSPS) is 11.0. The van der Waals surface area contributed by atoms with E-state index in [0.29, 0.717) is 0 Å². The highest BCUT2D eigenvalue weighted by Gasteiger charge is 2.16. The van der Waals surface area contributed by atoms with Gasteiger partial charge in [0.05, 0.1) is 0 Å². The van der Waals surface area contributed by atoms with Crippen molar-refractivity contribution in [2.24, 2.45) is 0 Å². The molecule has 0 aromatic heterocycles. The van der Waals surface area contributed by atoms with Crippen LogP contribution in [-0.2, 0) is 20.9 Å². The highest BCUT2D eigenvalue weighted by atomic mass is 16.5. The molecule has 3 heteroatoms. The minimum atomic E-state index is -0.602. The van der Waals surface area contributed by atoms with Gasteiger partial charge >= 0.3 is 5.97 Å². The third kappa shape index (κ3) is 4.42. The summed E-state index contributed by atoms with van der Waals surface area (Å²) in [7, 11) is 0. The Morgan fingerprint density at radius 1 is 0.952 bits per heavy atom. The summed E-state index contributed by atoms with van der Waals surface area (Å²) in [6, 6.07) is 18.6. The molecule has 2 aromatic rings. The van der Waals surface area contributed by atoms with Gasteiger partial charge in [0.25, 0.3) is 0 Å². The Kier molecular flexibility index (Phi) is 5.04. The van der Waals surface area contributed by atoms with Crippen LogP contribution in [0.15, 0.2) is 66.2 Å². The molecule has 0 saturated carbocycles. The zero-order valence-corrected chi connectivity index (χ0v) is 11.8. The Balaban J connectivity index is 2.10. The quantitative estimate of drug-likeness (QED) is 0.365. The van der Waals surface area contributed by atoms with Crippen LogP contribution in [-0.4, -0.2) is 11.8 Å². The maximum atomic E-state index is 12.1. The van der Waals surface area contributed by atoms with Crippen molar-refractivity contribution < 1.29 is 14.3 Å². The summed E-state index contributed by atoms with van der Waals surface area (Å²) in [5.41, 5.74) is 1.73. The highest BCUT2D eigenvalue weighted by molar-refractivity contribution is 6.19. The molecule has 0 amide bonds. The Morgan fingerprint density at radius 3 is 2.10 bits per heavy atom. The molecule has 0 unspecified atom stereocenters. The lowest BCUT2D eigenvalue weighted by Gasteiger charge is -2.06. The number of Topliss-reactive ketones (excluding diaryl/α,β-unsaturated/α-hetero) is 1. The lowest BCUT2D eigenvalue weighted by Crippen LogP contribution is -2.13. The van der Waals surface area contributed by atoms with E-state index in [4.69, 9.17) is 4.74 Å². The zero-order valence-electron chi connectivity index (χ0n) is 11.8. The Morgan fingerprint density at radius 2 is 1.52 bits per heavy atom. The topological polar surface area (TPSA) is 43.4 Å². The molecule has 0 bridgehead atoms. The smallest absolute Gasteiger partial charge is 0.342 e. The van der Waals surface area contributed by atoms with E-state index in [0.717, 1.165) is 11.1 Å². The first kappa shape index (κ1) is 14.7. The van der Waals surface area contributed by atoms with Crippen LogP contribution in [0.4, 0.5) is 0 Å². The molecule has 0 N–H and O–H groups in total. The molecule has 0 atom stereocenters. The number of benzene rings is 2. The van der Waals surface area contributed by atoms with Crippen LogP contribution < -0.4 is 0 Å². The number of ketones is 1. The average molecular weight is 280 g/mol. The molecule has 2 aromatic carbocycles. The Labute approximate surface area is 123 Å². The fourth-order valence-electron chi connectivity index (χ4n) is 1.82. The number of rotatable bonds is 5. The van der Waals surface area contributed by atoms with Crippen molar-refractivity contribution >= 4 is 17.8 Å². The molecular formula is C18H16O3. The van der Waals surface area contributed by atoms with Crippen molar-refractivity contribution in [2.45, 2.75) is 13.5 Å². The van der Waals surface area contributed by atoms with Gasteiger partial charge in [-0.2, -0.15) is 0 Å². The monoisotopic (exact) mass is 280 g/mol. The zero-order chi connectivity index (χ0) is 15.1. The summed E-state index contributed by atoms with van der Waals surface area (Å²) in [5.74, 6) is -0.910. The maximum absolute atomic E-state index is 12.1. The lowest BCUT2D eigenvalue weighted by atomic mass is 10.1. The third-order valence-electron chi connectivity index (χ3n) is 2.92. The Hall–Kier alpha value is -2.68. The van der Waals surface area contributed by atoms with Gasteiger partial charge < -0.3 is 4.74 Å². The third-order valence-corrected chi connectivity index (χ3v) is 2.92. The first-order valence-electron chi connectivity index (χ1n) is 6.65. The molecule has 0 radical (unpaired) electrons. The molecule has 0 saturated heterocycles. The predicted molar refractivity (Wildman–Crippen MR) is 81.3 cm³/mol. The number of esters is 1. The van der Waals surface area contributed by atoms with Gasteiger partial charge in [0.2, 0.25) is 0 Å². The van der Waals surface area contributed by atoms with E-state index in [9.17, 15) is 9.59 Å². The van der Waals surface area contributed by atoms with E-state index in [1.165, 1.54) is 6.92 Å². The van der Waals surface area contributed by atoms with Crippen molar-refractivity contribution in [3.05, 3.63) is 77.4 Å². The van der Waals surface area contributed by atoms with Crippen LogP contribution in [0, 0.1) is 0 Å². The first-order valence-corrected chi connectivity index (χ1v) is 6.65. The summed E-state index contributed by atoms with van der Waals surface area (Å²) < 4.78 is 5.20. The van der Waals surface area contributed by atoms with Crippen molar-refractivity contribution in [3.63, 3.8) is 0 Å². The molecule has 0 fully saturated rings. The van der Waals surface area contributed by atoms with E-state index in [2.05, 4.69) is 0 Å². The molecule has 0 spiro atoms. The van der Waals surface area contributed by atoms with Gasteiger partial charge in [-0.05, 0) is 24.1 Å². The van der Waals surface area contributed by atoms with Gasteiger partial charge in [-0.25, -0.2) is 4.79 Å². The summed E-state index contributed by atoms with van der Waals surface area (Å²) >= 11 is 0. The van der Waals surface area contributed by atoms with Gasteiger partial charge in [-0.15, -0.1) is 0 Å². The minimum absolute atomic E-state index is 0.0529. The largest absolute Gasteiger partial charge is 0.457 e. The van der Waals surface area contributed by atoms with Crippen LogP contribution in [0.25, 0.3) is 6.08 Å². The van der Waals surface area contributed by atoms with Gasteiger partial charge in [0.15, 0.2) is 5.78 Å². The van der Waals surface area contributed by atoms with Crippen molar-refractivity contribution in [1.29, 1.82) is 0 Å². The standard InChI is InChI=1S/C18H16O3/c1-14(19)17(12-15-8-4-2-5-9-15)18(20)21-13-16-10-6-3-7-11-16/h2-12H,13H2,1H3/b17-12-. The van der Waals surface area contributed by atoms with Crippen LogP contribution in [0.2, 0.25) is 0 Å². The molecular weight excluding hydrogens is 264 g/mol. The van der Waals surface area contributed by atoms with Crippen molar-refractivity contribution in [3.8, 4) is 0 Å². The number of carbonyl (C=O) groups is 2. The molecule has 0 heterocycles. The first-order chi connectivity index (χ1) is 10.2. The van der Waals surface area contributed by atoms with Crippen molar-refractivity contribution in [1.82, 2.24) is 0 Å². The lowest BCUT2D eigenvalue weighted by molar-refractivity contribution is -0.141. The van der Waals surface area contributed by atoms with E-state index in [1.54, 1.807) is 6.08 Å². The second-order valence-corrected chi connectivity index (χ2v) is 4.59. The second-order valence-electron chi connectivity index (χ2n) is 4.59. The van der Waals surface area contributed by atoms with E-state index < -0.39 is 5.97 Å². The second kappa shape index (κ2) is 7.20. The summed E-state index contributed by atoms with van der Waals surface area (Å²) in [6.07, 6.45) is 1.55. The SMILES string of the molecule is CC(=O)/C(=C/c1ccccc1)C(=O)OCc1ccccc1. The summed E-state index contributed by atoms with van der Waals surface area (Å²) in [4.78, 5) is 23.7. The van der Waals surface area contributed by atoms with Gasteiger partial charge in [0, 0.05) is 0 Å². The molecule has 0 aliphatic carbocycles. The van der Waals surface area contributed by atoms with E-state index >= 15 is 0 Å². The summed E-state index contributed by atoms with van der Waals surface area (Å²) in [5, 5.41) is 0. The molecule has 3 nitrogen and oxygen atoms in total. The fraction of sp³-hybridized carbons (Fsp3) is 0.111. The van der Waals surface area contributed by atoms with Crippen LogP contribution >= 0.6 is 0 Å². The molecule has 0 aliphatic rings. The van der Waals surface area contributed by atoms with Crippen LogP contribution in [0.5, 0.6) is 0 Å². The Bertz CT molecular complexity index is 643.